The average Bonchev–Trinajstić information content (AvgIpc) is 3.62. The summed E-state index contributed by atoms with van der Waals surface area (Å²) in [6.45, 7) is 3.07. The molecule has 0 amide bonds. The molecule has 2 N–H and O–H groups in total. The van der Waals surface area contributed by atoms with Crippen molar-refractivity contribution in [2.75, 3.05) is 22.8 Å². The van der Waals surface area contributed by atoms with Crippen molar-refractivity contribution in [2.45, 2.75) is 45.6 Å². The fourth-order valence-corrected chi connectivity index (χ4v) is 6.89. The molecular weight excluding hydrogens is 569 g/mol. The van der Waals surface area contributed by atoms with Crippen molar-refractivity contribution in [3.05, 3.63) is 114 Å². The van der Waals surface area contributed by atoms with Gasteiger partial charge in [-0.2, -0.15) is 0 Å². The summed E-state index contributed by atoms with van der Waals surface area (Å²) >= 11 is 3.14. The van der Waals surface area contributed by atoms with Gasteiger partial charge in [-0.1, -0.05) is 90.6 Å². The van der Waals surface area contributed by atoms with Gasteiger partial charge in [0.25, 0.3) is 0 Å². The van der Waals surface area contributed by atoms with E-state index in [2.05, 4.69) is 119 Å². The molecule has 218 valence electrons. The molecule has 1 aliphatic carbocycles. The smallest absolute Gasteiger partial charge is 0.203 e. The average molecular weight is 605 g/mol. The van der Waals surface area contributed by atoms with Crippen molar-refractivity contribution in [1.82, 2.24) is 4.98 Å². The summed E-state index contributed by atoms with van der Waals surface area (Å²) in [5, 5.41) is 10.5. The Morgan fingerprint density at radius 2 is 1.67 bits per heavy atom. The third-order valence-corrected chi connectivity index (χ3v) is 9.44. The van der Waals surface area contributed by atoms with Crippen LogP contribution in [-0.2, 0) is 13.0 Å². The van der Waals surface area contributed by atoms with Gasteiger partial charge in [0.15, 0.2) is 0 Å². The van der Waals surface area contributed by atoms with Crippen LogP contribution in [0.25, 0.3) is 15.1 Å². The Hall–Kier alpha value is -4.27. The molecule has 43 heavy (non-hydrogen) atoms. The van der Waals surface area contributed by atoms with Crippen LogP contribution < -0.4 is 15.8 Å². The van der Waals surface area contributed by atoms with Crippen molar-refractivity contribution in [3.63, 3.8) is 0 Å². The van der Waals surface area contributed by atoms with Gasteiger partial charge < -0.3 is 4.90 Å². The predicted molar refractivity (Wildman–Crippen MR) is 185 cm³/mol. The zero-order chi connectivity index (χ0) is 29.4. The van der Waals surface area contributed by atoms with Crippen LogP contribution in [0.5, 0.6) is 0 Å². The fraction of sp³-hybridized carbons (Fsp3) is 0.229. The molecule has 2 aromatic heterocycles. The molecule has 0 unspecified atom stereocenters. The van der Waals surface area contributed by atoms with E-state index in [9.17, 15) is 0 Å². The van der Waals surface area contributed by atoms with Crippen molar-refractivity contribution in [2.24, 2.45) is 10.2 Å². The summed E-state index contributed by atoms with van der Waals surface area (Å²) in [4.78, 5) is 7.94. The van der Waals surface area contributed by atoms with Crippen molar-refractivity contribution >= 4 is 65.0 Å². The molecule has 0 saturated carbocycles. The number of hydrogen-bond acceptors (Lipinski definition) is 8. The zero-order valence-electron chi connectivity index (χ0n) is 24.6. The predicted octanol–water partition coefficient (Wildman–Crippen LogP) is 10.9. The number of hydrazine groups is 1. The number of fused-ring (bicyclic) bond motifs is 1. The van der Waals surface area contributed by atoms with E-state index in [1.54, 1.807) is 22.7 Å². The lowest BCUT2D eigenvalue weighted by Gasteiger charge is -2.20. The van der Waals surface area contributed by atoms with Crippen LogP contribution in [0.15, 0.2) is 107 Å². The number of aryl methyl sites for hydroxylation is 1. The second kappa shape index (κ2) is 13.8. The highest BCUT2D eigenvalue weighted by Gasteiger charge is 2.09. The summed E-state index contributed by atoms with van der Waals surface area (Å²) in [6, 6.07) is 27.8. The monoisotopic (exact) mass is 604 g/mol. The minimum Gasteiger partial charge on any atom is -0.370 e. The fourth-order valence-electron chi connectivity index (χ4n) is 5.00. The highest BCUT2D eigenvalue weighted by Crippen LogP contribution is 2.38. The van der Waals surface area contributed by atoms with Crippen molar-refractivity contribution in [1.29, 1.82) is 0 Å². The third kappa shape index (κ3) is 7.58. The molecule has 6 rings (SSSR count). The largest absolute Gasteiger partial charge is 0.370 e. The van der Waals surface area contributed by atoms with Gasteiger partial charge in [-0.25, -0.2) is 4.98 Å². The topological polar surface area (TPSA) is 64.9 Å². The first kappa shape index (κ1) is 28.8. The highest BCUT2D eigenvalue weighted by molar-refractivity contribution is 7.30. The van der Waals surface area contributed by atoms with E-state index in [0.29, 0.717) is 0 Å². The quantitative estimate of drug-likeness (QED) is 0.110. The summed E-state index contributed by atoms with van der Waals surface area (Å²) < 4.78 is 1.09. The molecule has 0 atom stereocenters. The van der Waals surface area contributed by atoms with Gasteiger partial charge in [0.1, 0.15) is 9.83 Å². The van der Waals surface area contributed by atoms with Gasteiger partial charge in [-0.05, 0) is 90.4 Å². The van der Waals surface area contributed by atoms with Crippen LogP contribution in [0, 0.1) is 0 Å². The lowest BCUT2D eigenvalue weighted by molar-refractivity contribution is 0.795. The van der Waals surface area contributed by atoms with Gasteiger partial charge in [0, 0.05) is 19.3 Å². The van der Waals surface area contributed by atoms with Crippen LogP contribution in [-0.4, -0.2) is 12.0 Å². The molecule has 0 fully saturated rings. The summed E-state index contributed by atoms with van der Waals surface area (Å²) in [7, 11) is 2.13. The van der Waals surface area contributed by atoms with E-state index >= 15 is 0 Å². The first-order valence-electron chi connectivity index (χ1n) is 14.8. The molecule has 1 aliphatic rings. The Balaban J connectivity index is 0.994. The first-order valence-corrected chi connectivity index (χ1v) is 16.5. The van der Waals surface area contributed by atoms with E-state index in [1.165, 1.54) is 40.8 Å². The molecule has 0 spiro atoms. The number of benzene rings is 3. The maximum absolute atomic E-state index is 4.72. The number of azo groups is 1. The second-order valence-electron chi connectivity index (χ2n) is 10.8. The number of allylic oxidation sites excluding steroid dienone is 4. The van der Waals surface area contributed by atoms with Crippen LogP contribution >= 0.6 is 22.7 Å². The van der Waals surface area contributed by atoms with Crippen LogP contribution in [0.3, 0.4) is 0 Å². The first-order chi connectivity index (χ1) is 21.1. The van der Waals surface area contributed by atoms with Crippen LogP contribution in [0.4, 0.5) is 27.2 Å². The zero-order valence-corrected chi connectivity index (χ0v) is 26.2. The lowest BCUT2D eigenvalue weighted by Crippen LogP contribution is -2.16. The van der Waals surface area contributed by atoms with Gasteiger partial charge >= 0.3 is 0 Å². The second-order valence-corrected chi connectivity index (χ2v) is 12.8. The molecule has 0 aliphatic heterocycles. The van der Waals surface area contributed by atoms with E-state index < -0.39 is 0 Å². The van der Waals surface area contributed by atoms with E-state index in [4.69, 9.17) is 4.98 Å². The van der Waals surface area contributed by atoms with Gasteiger partial charge in [0.2, 0.25) is 5.13 Å². The number of aromatic nitrogens is 1. The van der Waals surface area contributed by atoms with Gasteiger partial charge in [-0.3, -0.25) is 10.9 Å². The summed E-state index contributed by atoms with van der Waals surface area (Å²) in [5.41, 5.74) is 14.9. The number of anilines is 3. The molecule has 5 aromatic rings. The highest BCUT2D eigenvalue weighted by atomic mass is 32.1. The standard InChI is InChI=1S/C35H36N6S2/c1-3-4-8-25-13-17-29(18-14-25)37-39-33-23-32-34(43-33)36-35(42-32)40-38-30-19-21-31(22-20-30)41(2)24-26-11-15-28(16-12-26)27-9-6-5-7-10-27/h5-6,9,11-23,38H,3-4,7-8,10,24H2,1-2H3,(H,36,40). The molecule has 3 aromatic carbocycles. The molecule has 0 radical (unpaired) electrons. The summed E-state index contributed by atoms with van der Waals surface area (Å²) in [6.07, 6.45) is 12.4. The number of thiophene rings is 1. The van der Waals surface area contributed by atoms with Gasteiger partial charge in [-0.15, -0.1) is 10.2 Å². The maximum atomic E-state index is 4.72. The molecule has 2 heterocycles. The Morgan fingerprint density at radius 3 is 2.40 bits per heavy atom. The Labute approximate surface area is 261 Å². The molecular formula is C35H36N6S2. The minimum atomic E-state index is 0.817. The Morgan fingerprint density at radius 1 is 0.884 bits per heavy atom. The molecule has 0 saturated heterocycles. The van der Waals surface area contributed by atoms with Crippen LogP contribution in [0.2, 0.25) is 0 Å². The number of thiazole rings is 1. The van der Waals surface area contributed by atoms with E-state index in [1.807, 2.05) is 18.2 Å². The minimum absolute atomic E-state index is 0.817. The normalized spacial score (nSPS) is 13.0. The van der Waals surface area contributed by atoms with E-state index in [0.717, 1.165) is 56.8 Å². The molecule has 0 bridgehead atoms. The SMILES string of the molecule is CCCCc1ccc(N=Nc2cc3sc(NNc4ccc(N(C)Cc5ccc(C6=CC=CCC6)cc5)cc4)nc3s2)cc1. The molecule has 8 heteroatoms. The Bertz CT molecular complexity index is 1700. The number of hydrogen-bond donors (Lipinski definition) is 2. The number of rotatable bonds is 12. The molecule has 6 nitrogen and oxygen atoms in total. The van der Waals surface area contributed by atoms with Crippen molar-refractivity contribution in [3.8, 4) is 0 Å². The lowest BCUT2D eigenvalue weighted by atomic mass is 9.96. The number of nitrogens with one attached hydrogen (secondary N) is 2. The van der Waals surface area contributed by atoms with E-state index in [-0.39, 0.29) is 0 Å². The third-order valence-electron chi connectivity index (χ3n) is 7.48. The number of unbranched alkanes of at least 4 members (excludes halogenated alkanes) is 1. The maximum Gasteiger partial charge on any atom is 0.203 e. The van der Waals surface area contributed by atoms with Gasteiger partial charge in [0.05, 0.1) is 16.1 Å². The van der Waals surface area contributed by atoms with Crippen molar-refractivity contribution < 1.29 is 0 Å². The van der Waals surface area contributed by atoms with Crippen LogP contribution in [0.1, 0.15) is 49.3 Å². The summed E-state index contributed by atoms with van der Waals surface area (Å²) in [5.74, 6) is 0. The number of nitrogens with zero attached hydrogens (tertiary/aromatic N) is 4. The Kier molecular flexibility index (Phi) is 9.25.